The zero-order valence-corrected chi connectivity index (χ0v) is 12.0. The molecule has 0 saturated carbocycles. The molecule has 1 fully saturated rings. The second-order valence-electron chi connectivity index (χ2n) is 5.01. The van der Waals surface area contributed by atoms with Gasteiger partial charge in [0.15, 0.2) is 0 Å². The van der Waals surface area contributed by atoms with E-state index in [4.69, 9.17) is 0 Å². The summed E-state index contributed by atoms with van der Waals surface area (Å²) >= 11 is 1.72. The molecule has 2 aromatic rings. The van der Waals surface area contributed by atoms with Gasteiger partial charge in [0.1, 0.15) is 0 Å². The molecule has 1 aliphatic rings. The normalized spacial score (nSPS) is 18.8. The average Bonchev–Trinajstić information content (AvgIpc) is 2.48. The molecular weight excluding hydrogens is 292 g/mol. The molecule has 110 valence electrons. The maximum absolute atomic E-state index is 12.3. The summed E-state index contributed by atoms with van der Waals surface area (Å²) in [4.78, 5) is 38.0. The molecule has 0 amide bonds. The van der Waals surface area contributed by atoms with Gasteiger partial charge in [-0.1, -0.05) is 6.07 Å². The summed E-state index contributed by atoms with van der Waals surface area (Å²) in [7, 11) is 0. The molecule has 0 radical (unpaired) electrons. The predicted octanol–water partition coefficient (Wildman–Crippen LogP) is 1.46. The summed E-state index contributed by atoms with van der Waals surface area (Å²) in [6.45, 7) is 0. The number of aromatic nitrogens is 2. The molecular formula is C14H14N2O4S. The van der Waals surface area contributed by atoms with Gasteiger partial charge >= 0.3 is 17.1 Å². The third-order valence-electron chi connectivity index (χ3n) is 3.67. The van der Waals surface area contributed by atoms with Crippen LogP contribution in [0.5, 0.6) is 0 Å². The molecule has 6 nitrogen and oxygen atoms in total. The van der Waals surface area contributed by atoms with Crippen LogP contribution >= 0.6 is 11.8 Å². The lowest BCUT2D eigenvalue weighted by atomic mass is 10.1. The number of thioether (sulfide) groups is 1. The van der Waals surface area contributed by atoms with E-state index >= 15 is 0 Å². The van der Waals surface area contributed by atoms with Crippen molar-refractivity contribution in [3.63, 3.8) is 0 Å². The van der Waals surface area contributed by atoms with Gasteiger partial charge in [0.25, 0.3) is 0 Å². The fraction of sp³-hybridized carbons (Fsp3) is 0.357. The van der Waals surface area contributed by atoms with Crippen LogP contribution in [0.3, 0.4) is 0 Å². The zero-order valence-electron chi connectivity index (χ0n) is 11.2. The van der Waals surface area contributed by atoms with Gasteiger partial charge in [-0.25, -0.2) is 4.79 Å². The summed E-state index contributed by atoms with van der Waals surface area (Å²) < 4.78 is 1.38. The number of rotatable bonds is 2. The van der Waals surface area contributed by atoms with Crippen LogP contribution in [0.15, 0.2) is 27.8 Å². The summed E-state index contributed by atoms with van der Waals surface area (Å²) in [5.74, 6) is 0.633. The fourth-order valence-electron chi connectivity index (χ4n) is 2.74. The van der Waals surface area contributed by atoms with E-state index in [-0.39, 0.29) is 11.6 Å². The Bertz CT molecular complexity index is 818. The number of H-pyrrole nitrogens is 1. The molecule has 0 aliphatic carbocycles. The Morgan fingerprint density at radius 1 is 1.38 bits per heavy atom. The van der Waals surface area contributed by atoms with Crippen LogP contribution in [0.4, 0.5) is 0 Å². The fourth-order valence-corrected chi connectivity index (χ4v) is 3.86. The van der Waals surface area contributed by atoms with Crippen molar-refractivity contribution in [2.45, 2.75) is 18.9 Å². The number of carboxylic acid groups (broad SMARTS) is 1. The number of hydrogen-bond acceptors (Lipinski definition) is 4. The number of nitrogens with one attached hydrogen (secondary N) is 1. The molecule has 1 atom stereocenters. The molecule has 1 aliphatic heterocycles. The predicted molar refractivity (Wildman–Crippen MR) is 81.4 cm³/mol. The minimum absolute atomic E-state index is 0.0384. The van der Waals surface area contributed by atoms with E-state index in [1.54, 1.807) is 23.9 Å². The van der Waals surface area contributed by atoms with Crippen LogP contribution in [0, 0.1) is 0 Å². The highest BCUT2D eigenvalue weighted by Crippen LogP contribution is 2.28. The number of carbonyl (C=O) groups is 1. The lowest BCUT2D eigenvalue weighted by Crippen LogP contribution is -2.40. The van der Waals surface area contributed by atoms with E-state index in [1.165, 1.54) is 10.6 Å². The number of nitrogens with zero attached hydrogens (tertiary/aromatic N) is 1. The molecule has 1 aromatic heterocycles. The maximum atomic E-state index is 12.3. The van der Waals surface area contributed by atoms with Gasteiger partial charge in [-0.2, -0.15) is 11.8 Å². The Balaban J connectivity index is 2.38. The molecule has 1 saturated heterocycles. The number of aromatic amines is 1. The Morgan fingerprint density at radius 2 is 2.19 bits per heavy atom. The van der Waals surface area contributed by atoms with E-state index in [0.29, 0.717) is 16.8 Å². The quantitative estimate of drug-likeness (QED) is 0.819. The first kappa shape index (κ1) is 13.9. The summed E-state index contributed by atoms with van der Waals surface area (Å²) in [6, 6.07) is 4.50. The van der Waals surface area contributed by atoms with Gasteiger partial charge < -0.3 is 10.1 Å². The smallest absolute Gasteiger partial charge is 0.337 e. The number of aromatic carboxylic acids is 1. The van der Waals surface area contributed by atoms with Crippen molar-refractivity contribution in [3.8, 4) is 0 Å². The Hall–Kier alpha value is -2.02. The number of hydrogen-bond donors (Lipinski definition) is 2. The lowest BCUT2D eigenvalue weighted by molar-refractivity contribution is 0.0698. The van der Waals surface area contributed by atoms with Gasteiger partial charge in [0.05, 0.1) is 16.6 Å². The first-order chi connectivity index (χ1) is 10.1. The van der Waals surface area contributed by atoms with Gasteiger partial charge in [-0.3, -0.25) is 14.2 Å². The Kier molecular flexibility index (Phi) is 3.59. The van der Waals surface area contributed by atoms with Crippen molar-refractivity contribution in [1.82, 2.24) is 9.55 Å². The van der Waals surface area contributed by atoms with Crippen molar-refractivity contribution in [3.05, 3.63) is 44.5 Å². The van der Waals surface area contributed by atoms with Crippen LogP contribution in [-0.2, 0) is 0 Å². The second-order valence-corrected chi connectivity index (χ2v) is 6.16. The van der Waals surface area contributed by atoms with E-state index in [0.717, 1.165) is 18.6 Å². The van der Waals surface area contributed by atoms with E-state index in [1.807, 2.05) is 0 Å². The minimum Gasteiger partial charge on any atom is -0.478 e. The standard InChI is InChI=1S/C14H14N2O4S/c17-12-13(18)16(8-3-2-6-21-7-8)11-9(14(19)20)4-1-5-10(11)15-12/h1,4-5,8H,2-3,6-7H2,(H,15,17)(H,19,20). The number of fused-ring (bicyclic) bond motifs is 1. The summed E-state index contributed by atoms with van der Waals surface area (Å²) in [5.41, 5.74) is -0.655. The molecule has 1 unspecified atom stereocenters. The maximum Gasteiger partial charge on any atom is 0.337 e. The van der Waals surface area contributed by atoms with E-state index in [9.17, 15) is 19.5 Å². The monoisotopic (exact) mass is 306 g/mol. The highest BCUT2D eigenvalue weighted by Gasteiger charge is 2.23. The van der Waals surface area contributed by atoms with Crippen molar-refractivity contribution in [2.75, 3.05) is 11.5 Å². The minimum atomic E-state index is -1.11. The first-order valence-corrected chi connectivity index (χ1v) is 7.83. The summed E-state index contributed by atoms with van der Waals surface area (Å²) in [5, 5.41) is 9.35. The van der Waals surface area contributed by atoms with Gasteiger partial charge in [0.2, 0.25) is 0 Å². The van der Waals surface area contributed by atoms with Crippen LogP contribution in [0.25, 0.3) is 11.0 Å². The molecule has 21 heavy (non-hydrogen) atoms. The molecule has 3 rings (SSSR count). The number of carboxylic acids is 1. The second kappa shape index (κ2) is 5.40. The molecule has 7 heteroatoms. The third-order valence-corrected chi connectivity index (χ3v) is 4.87. The topological polar surface area (TPSA) is 92.2 Å². The number of benzene rings is 1. The van der Waals surface area contributed by atoms with Crippen LogP contribution in [0.1, 0.15) is 29.2 Å². The Labute approximate surface area is 123 Å². The third kappa shape index (κ3) is 2.37. The van der Waals surface area contributed by atoms with Crippen LogP contribution in [0.2, 0.25) is 0 Å². The van der Waals surface area contributed by atoms with Crippen molar-refractivity contribution in [2.24, 2.45) is 0 Å². The van der Waals surface area contributed by atoms with Crippen LogP contribution in [-0.4, -0.2) is 32.1 Å². The van der Waals surface area contributed by atoms with E-state index in [2.05, 4.69) is 4.98 Å². The zero-order chi connectivity index (χ0) is 15.0. The van der Waals surface area contributed by atoms with Crippen molar-refractivity contribution >= 4 is 28.8 Å². The lowest BCUT2D eigenvalue weighted by Gasteiger charge is -2.25. The number of para-hydroxylation sites is 1. The van der Waals surface area contributed by atoms with Crippen molar-refractivity contribution < 1.29 is 9.90 Å². The molecule has 2 N–H and O–H groups in total. The molecule has 0 spiro atoms. The average molecular weight is 306 g/mol. The SMILES string of the molecule is O=C(O)c1cccc2[nH]c(=O)c(=O)n(C3CCCSC3)c12. The highest BCUT2D eigenvalue weighted by atomic mass is 32.2. The summed E-state index contributed by atoms with van der Waals surface area (Å²) in [6.07, 6.45) is 1.73. The van der Waals surface area contributed by atoms with Gasteiger partial charge in [-0.15, -0.1) is 0 Å². The van der Waals surface area contributed by atoms with Crippen LogP contribution < -0.4 is 11.1 Å². The van der Waals surface area contributed by atoms with Gasteiger partial charge in [0, 0.05) is 11.8 Å². The highest BCUT2D eigenvalue weighted by molar-refractivity contribution is 7.99. The first-order valence-electron chi connectivity index (χ1n) is 6.68. The van der Waals surface area contributed by atoms with E-state index < -0.39 is 17.1 Å². The molecule has 0 bridgehead atoms. The van der Waals surface area contributed by atoms with Gasteiger partial charge in [-0.05, 0) is 30.7 Å². The Morgan fingerprint density at radius 3 is 2.86 bits per heavy atom. The van der Waals surface area contributed by atoms with Crippen molar-refractivity contribution in [1.29, 1.82) is 0 Å². The molecule has 2 heterocycles. The largest absolute Gasteiger partial charge is 0.478 e. The molecule has 1 aromatic carbocycles.